The number of aliphatic hydroxyl groups is 3. The monoisotopic (exact) mass is 408 g/mol. The molecule has 0 unspecified atom stereocenters. The first kappa shape index (κ1) is 21.8. The molecule has 1 saturated carbocycles. The lowest BCUT2D eigenvalue weighted by molar-refractivity contribution is -0.185. The summed E-state index contributed by atoms with van der Waals surface area (Å²) in [5, 5.41) is 29.2. The molecule has 28 heavy (non-hydrogen) atoms. The van der Waals surface area contributed by atoms with E-state index < -0.39 is 30.4 Å². The Morgan fingerprint density at radius 1 is 0.893 bits per heavy atom. The number of piperidine rings is 2. The molecule has 3 atom stereocenters. The average molecular weight is 408 g/mol. The molecule has 0 bridgehead atoms. The van der Waals surface area contributed by atoms with E-state index in [4.69, 9.17) is 0 Å². The van der Waals surface area contributed by atoms with Crippen molar-refractivity contribution in [3.63, 3.8) is 0 Å². The van der Waals surface area contributed by atoms with Crippen LogP contribution in [0, 0.1) is 17.8 Å². The van der Waals surface area contributed by atoms with Gasteiger partial charge < -0.3 is 20.2 Å². The molecule has 0 aromatic heterocycles. The predicted octanol–water partition coefficient (Wildman–Crippen LogP) is 0.992. The summed E-state index contributed by atoms with van der Waals surface area (Å²) in [4.78, 5) is 16.4. The largest absolute Gasteiger partial charge is 0.391 e. The fourth-order valence-corrected chi connectivity index (χ4v) is 4.85. The molecule has 6 nitrogen and oxygen atoms in total. The Labute approximate surface area is 163 Å². The maximum Gasteiger partial charge on any atom is 0.391 e. The van der Waals surface area contributed by atoms with Crippen molar-refractivity contribution in [1.82, 2.24) is 9.80 Å². The lowest BCUT2D eigenvalue weighted by Crippen LogP contribution is -2.56. The summed E-state index contributed by atoms with van der Waals surface area (Å²) < 4.78 is 38.4. The molecule has 2 heterocycles. The van der Waals surface area contributed by atoms with Crippen molar-refractivity contribution in [2.75, 3.05) is 32.7 Å². The molecule has 3 fully saturated rings. The summed E-state index contributed by atoms with van der Waals surface area (Å²) in [6.45, 7) is 2.54. The third kappa shape index (κ3) is 5.17. The summed E-state index contributed by atoms with van der Waals surface area (Å²) in [7, 11) is 0. The number of amides is 1. The van der Waals surface area contributed by atoms with Gasteiger partial charge in [0.05, 0.1) is 18.1 Å². The number of nitrogens with zero attached hydrogens (tertiary/aromatic N) is 2. The Morgan fingerprint density at radius 2 is 1.43 bits per heavy atom. The van der Waals surface area contributed by atoms with E-state index in [2.05, 4.69) is 0 Å². The lowest BCUT2D eigenvalue weighted by Gasteiger charge is -2.41. The summed E-state index contributed by atoms with van der Waals surface area (Å²) in [5.41, 5.74) is 0. The second-order valence-electron chi connectivity index (χ2n) is 8.70. The Bertz CT molecular complexity index is 520. The van der Waals surface area contributed by atoms with Crippen LogP contribution in [-0.2, 0) is 4.79 Å². The average Bonchev–Trinajstić information content (AvgIpc) is 2.65. The number of likely N-dealkylation sites (tertiary alicyclic amines) is 2. The van der Waals surface area contributed by atoms with Crippen LogP contribution in [-0.4, -0.2) is 88.2 Å². The van der Waals surface area contributed by atoms with Gasteiger partial charge in [0.1, 0.15) is 6.10 Å². The molecule has 0 aromatic carbocycles. The van der Waals surface area contributed by atoms with Crippen molar-refractivity contribution in [2.45, 2.75) is 63.0 Å². The molecule has 0 aromatic rings. The van der Waals surface area contributed by atoms with Gasteiger partial charge in [0.15, 0.2) is 0 Å². The number of alkyl halides is 3. The van der Waals surface area contributed by atoms with Crippen LogP contribution < -0.4 is 0 Å². The minimum Gasteiger partial charge on any atom is -0.389 e. The third-order valence-corrected chi connectivity index (χ3v) is 6.66. The normalized spacial score (nSPS) is 36.5. The van der Waals surface area contributed by atoms with Crippen LogP contribution in [0.1, 0.15) is 38.5 Å². The van der Waals surface area contributed by atoms with E-state index in [-0.39, 0.29) is 24.7 Å². The van der Waals surface area contributed by atoms with Gasteiger partial charge in [-0.1, -0.05) is 0 Å². The van der Waals surface area contributed by atoms with E-state index in [0.717, 1.165) is 12.8 Å². The Morgan fingerprint density at radius 3 is 1.93 bits per heavy atom. The van der Waals surface area contributed by atoms with E-state index in [1.165, 1.54) is 0 Å². The van der Waals surface area contributed by atoms with Crippen molar-refractivity contribution in [3.8, 4) is 0 Å². The zero-order chi connectivity index (χ0) is 20.5. The van der Waals surface area contributed by atoms with Crippen LogP contribution in [0.5, 0.6) is 0 Å². The number of aliphatic hydroxyl groups excluding tert-OH is 3. The van der Waals surface area contributed by atoms with Gasteiger partial charge in [-0.3, -0.25) is 9.69 Å². The lowest BCUT2D eigenvalue weighted by atomic mass is 9.80. The number of hydrogen-bond acceptors (Lipinski definition) is 5. The van der Waals surface area contributed by atoms with Crippen molar-refractivity contribution in [1.29, 1.82) is 0 Å². The summed E-state index contributed by atoms with van der Waals surface area (Å²) >= 11 is 0. The van der Waals surface area contributed by atoms with Gasteiger partial charge in [-0.15, -0.1) is 0 Å². The molecule has 2 saturated heterocycles. The molecule has 3 aliphatic rings. The number of hydrogen-bond donors (Lipinski definition) is 3. The maximum absolute atomic E-state index is 12.8. The minimum atomic E-state index is -4.15. The van der Waals surface area contributed by atoms with E-state index in [1.807, 2.05) is 4.90 Å². The fourth-order valence-electron chi connectivity index (χ4n) is 4.85. The van der Waals surface area contributed by atoms with Crippen LogP contribution in [0.3, 0.4) is 0 Å². The first-order chi connectivity index (χ1) is 13.1. The SMILES string of the molecule is O=C(C1CCC(C(F)(F)F)CC1)N1CCC(CN2C[C@@H](O)[C@H](O)[C@@H](O)C2)CC1. The van der Waals surface area contributed by atoms with Gasteiger partial charge in [0, 0.05) is 38.6 Å². The van der Waals surface area contributed by atoms with Gasteiger partial charge in [0.2, 0.25) is 5.91 Å². The highest BCUT2D eigenvalue weighted by molar-refractivity contribution is 5.79. The fraction of sp³-hybridized carbons (Fsp3) is 0.947. The number of rotatable bonds is 3. The van der Waals surface area contributed by atoms with Crippen LogP contribution in [0.2, 0.25) is 0 Å². The van der Waals surface area contributed by atoms with Crippen LogP contribution in [0.15, 0.2) is 0 Å². The number of carbonyl (C=O) groups is 1. The standard InChI is InChI=1S/C19H31F3N2O4/c20-19(21,22)14-3-1-13(2-4-14)18(28)24-7-5-12(6-8-24)9-23-10-15(25)17(27)16(26)11-23/h12-17,25-27H,1-11H2/t13?,14?,15-,16+,17+. The quantitative estimate of drug-likeness (QED) is 0.649. The van der Waals surface area contributed by atoms with Gasteiger partial charge in [-0.25, -0.2) is 0 Å². The Balaban J connectivity index is 1.41. The highest BCUT2D eigenvalue weighted by atomic mass is 19.4. The first-order valence-electron chi connectivity index (χ1n) is 10.3. The zero-order valence-electron chi connectivity index (χ0n) is 16.0. The van der Waals surface area contributed by atoms with Crippen LogP contribution >= 0.6 is 0 Å². The summed E-state index contributed by atoms with van der Waals surface area (Å²) in [6.07, 6.45) is -4.87. The van der Waals surface area contributed by atoms with E-state index in [0.29, 0.717) is 51.5 Å². The molecule has 1 amide bonds. The van der Waals surface area contributed by atoms with Crippen LogP contribution in [0.25, 0.3) is 0 Å². The Kier molecular flexibility index (Phi) is 6.89. The van der Waals surface area contributed by atoms with Gasteiger partial charge >= 0.3 is 6.18 Å². The molecular weight excluding hydrogens is 377 g/mol. The molecule has 162 valence electrons. The second-order valence-corrected chi connectivity index (χ2v) is 8.70. The van der Waals surface area contributed by atoms with Crippen molar-refractivity contribution < 1.29 is 33.3 Å². The van der Waals surface area contributed by atoms with Crippen molar-refractivity contribution >= 4 is 5.91 Å². The molecular formula is C19H31F3N2O4. The number of halogens is 3. The predicted molar refractivity (Wildman–Crippen MR) is 95.3 cm³/mol. The topological polar surface area (TPSA) is 84.2 Å². The van der Waals surface area contributed by atoms with Gasteiger partial charge in [-0.2, -0.15) is 13.2 Å². The number of carbonyl (C=O) groups excluding carboxylic acids is 1. The van der Waals surface area contributed by atoms with E-state index in [9.17, 15) is 33.3 Å². The Hall–Kier alpha value is -0.900. The van der Waals surface area contributed by atoms with Crippen molar-refractivity contribution in [3.05, 3.63) is 0 Å². The molecule has 2 aliphatic heterocycles. The maximum atomic E-state index is 12.8. The number of β-amino-alcohol motifs (C(OH)–C–C–N with tert-alkyl or cyclic N) is 2. The second kappa shape index (κ2) is 8.85. The van der Waals surface area contributed by atoms with E-state index >= 15 is 0 Å². The highest BCUT2D eigenvalue weighted by Crippen LogP contribution is 2.40. The first-order valence-corrected chi connectivity index (χ1v) is 10.3. The van der Waals surface area contributed by atoms with Crippen LogP contribution in [0.4, 0.5) is 13.2 Å². The summed E-state index contributed by atoms with van der Waals surface area (Å²) in [6, 6.07) is 0. The molecule has 3 N–H and O–H groups in total. The molecule has 0 radical (unpaired) electrons. The third-order valence-electron chi connectivity index (χ3n) is 6.66. The van der Waals surface area contributed by atoms with Gasteiger partial charge in [-0.05, 0) is 44.4 Å². The molecule has 9 heteroatoms. The molecule has 3 rings (SSSR count). The van der Waals surface area contributed by atoms with E-state index in [1.54, 1.807) is 4.90 Å². The smallest absolute Gasteiger partial charge is 0.389 e. The van der Waals surface area contributed by atoms with Gasteiger partial charge in [0.25, 0.3) is 0 Å². The highest BCUT2D eigenvalue weighted by Gasteiger charge is 2.43. The minimum absolute atomic E-state index is 0.00832. The van der Waals surface area contributed by atoms with Crippen molar-refractivity contribution in [2.24, 2.45) is 17.8 Å². The summed E-state index contributed by atoms with van der Waals surface area (Å²) in [5.74, 6) is -1.23. The molecule has 0 spiro atoms. The zero-order valence-corrected chi connectivity index (χ0v) is 16.0. The molecule has 1 aliphatic carbocycles.